The van der Waals surface area contributed by atoms with Crippen LogP contribution in [0, 0.1) is 27.8 Å². The lowest BCUT2D eigenvalue weighted by Crippen LogP contribution is -2.46. The summed E-state index contributed by atoms with van der Waals surface area (Å²) in [5, 5.41) is 17.0. The van der Waals surface area contributed by atoms with E-state index in [1.165, 1.54) is 42.6 Å². The van der Waals surface area contributed by atoms with E-state index < -0.39 is 52.3 Å². The summed E-state index contributed by atoms with van der Waals surface area (Å²) < 4.78 is 18.7. The van der Waals surface area contributed by atoms with Gasteiger partial charge >= 0.3 is 0 Å². The highest BCUT2D eigenvalue weighted by Gasteiger charge is 2.64. The van der Waals surface area contributed by atoms with E-state index in [9.17, 15) is 28.9 Å². The molecule has 2 fully saturated rings. The van der Waals surface area contributed by atoms with Gasteiger partial charge in [0, 0.05) is 23.9 Å². The van der Waals surface area contributed by atoms with Gasteiger partial charge in [0.05, 0.1) is 29.9 Å². The number of carbonyl (C=O) groups is 3. The van der Waals surface area contributed by atoms with Gasteiger partial charge in [0.25, 0.3) is 5.69 Å². The van der Waals surface area contributed by atoms with Crippen LogP contribution in [0.15, 0.2) is 59.7 Å². The second-order valence-electron chi connectivity index (χ2n) is 8.01. The number of halogens is 1. The zero-order chi connectivity index (χ0) is 24.1. The maximum atomic E-state index is 13.7. The Kier molecular flexibility index (Phi) is 4.96. The van der Waals surface area contributed by atoms with Crippen LogP contribution in [0.1, 0.15) is 10.4 Å². The third-order valence-electron chi connectivity index (χ3n) is 6.30. The van der Waals surface area contributed by atoms with Gasteiger partial charge in [-0.2, -0.15) is 5.10 Å². The number of anilines is 1. The summed E-state index contributed by atoms with van der Waals surface area (Å²) in [6.45, 7) is 0. The number of fused-ring (bicyclic) bond motifs is 3. The standard InChI is InChI=1S/C23H17FN4O6/c1-34-17-9-8-14(28(32)33)11-16(17)26-22(30)18-15-3-2-10-25-27(15)20(19(18)23(26)31)21(29)12-4-6-13(24)7-5-12/h2-11,15,18-20H,1H3/t15-,18-,19-,20+/m0/s1. The predicted octanol–water partition coefficient (Wildman–Crippen LogP) is 2.34. The minimum absolute atomic E-state index is 0.0658. The summed E-state index contributed by atoms with van der Waals surface area (Å²) in [5.41, 5.74) is -0.220. The molecular weight excluding hydrogens is 447 g/mol. The average molecular weight is 464 g/mol. The van der Waals surface area contributed by atoms with Crippen molar-refractivity contribution in [3.8, 4) is 5.75 Å². The summed E-state index contributed by atoms with van der Waals surface area (Å²) >= 11 is 0. The van der Waals surface area contributed by atoms with Crippen LogP contribution >= 0.6 is 0 Å². The van der Waals surface area contributed by atoms with Crippen molar-refractivity contribution in [2.45, 2.75) is 12.1 Å². The normalized spacial score (nSPS) is 24.9. The first-order valence-corrected chi connectivity index (χ1v) is 10.3. The number of hydrazone groups is 1. The van der Waals surface area contributed by atoms with Crippen LogP contribution in [0.5, 0.6) is 5.75 Å². The molecule has 0 bridgehead atoms. The molecule has 0 N–H and O–H groups in total. The fourth-order valence-electron chi connectivity index (χ4n) is 4.83. The molecule has 0 unspecified atom stereocenters. The number of Topliss-reactive ketones (excluding diaryl/α,β-unsaturated/α-hetero) is 1. The molecular formula is C23H17FN4O6. The van der Waals surface area contributed by atoms with Gasteiger partial charge in [0.15, 0.2) is 5.78 Å². The quantitative estimate of drug-likeness (QED) is 0.288. The van der Waals surface area contributed by atoms with Crippen LogP contribution in [0.25, 0.3) is 0 Å². The minimum atomic E-state index is -1.12. The number of methoxy groups -OCH3 is 1. The first-order valence-electron chi connectivity index (χ1n) is 10.3. The van der Waals surface area contributed by atoms with E-state index in [0.717, 1.165) is 23.1 Å². The number of benzene rings is 2. The summed E-state index contributed by atoms with van der Waals surface area (Å²) in [7, 11) is 1.32. The molecule has 10 nitrogen and oxygen atoms in total. The van der Waals surface area contributed by atoms with Crippen molar-refractivity contribution in [3.05, 3.63) is 76.1 Å². The average Bonchev–Trinajstić information content (AvgIpc) is 3.31. The number of allylic oxidation sites excluding steroid dienone is 1. The molecule has 0 spiro atoms. The molecule has 0 aliphatic carbocycles. The van der Waals surface area contributed by atoms with Gasteiger partial charge in [0.1, 0.15) is 23.3 Å². The van der Waals surface area contributed by atoms with E-state index in [0.29, 0.717) is 0 Å². The zero-order valence-corrected chi connectivity index (χ0v) is 17.7. The number of amides is 2. The first-order chi connectivity index (χ1) is 16.3. The van der Waals surface area contributed by atoms with E-state index in [-0.39, 0.29) is 22.7 Å². The molecule has 0 saturated carbocycles. The van der Waals surface area contributed by atoms with E-state index in [4.69, 9.17) is 4.74 Å². The molecule has 2 saturated heterocycles. The Bertz CT molecular complexity index is 1290. The maximum absolute atomic E-state index is 13.7. The van der Waals surface area contributed by atoms with Crippen LogP contribution in [-0.2, 0) is 9.59 Å². The van der Waals surface area contributed by atoms with Crippen molar-refractivity contribution in [1.82, 2.24) is 5.01 Å². The Labute approximate surface area is 192 Å². The number of non-ortho nitro benzene ring substituents is 1. The molecule has 3 aliphatic rings. The molecule has 3 aliphatic heterocycles. The molecule has 0 aromatic heterocycles. The topological polar surface area (TPSA) is 122 Å². The van der Waals surface area contributed by atoms with Gasteiger partial charge < -0.3 is 4.74 Å². The lowest BCUT2D eigenvalue weighted by Gasteiger charge is -2.30. The number of carbonyl (C=O) groups excluding carboxylic acids is 3. The SMILES string of the molecule is COc1ccc([N+](=O)[O-])cc1N1C(=O)[C@@H]2[C@H](C1=O)[C@H](C(=O)c1ccc(F)cc1)N1N=CC=C[C@@H]21. The van der Waals surface area contributed by atoms with Gasteiger partial charge in [-0.1, -0.05) is 6.08 Å². The molecule has 4 atom stereocenters. The molecule has 11 heteroatoms. The van der Waals surface area contributed by atoms with Crippen LogP contribution in [0.3, 0.4) is 0 Å². The van der Waals surface area contributed by atoms with E-state index >= 15 is 0 Å². The van der Waals surface area contributed by atoms with Gasteiger partial charge in [-0.3, -0.25) is 29.5 Å². The third kappa shape index (κ3) is 3.08. The fraction of sp³-hybridized carbons (Fsp3) is 0.217. The Morgan fingerprint density at radius 2 is 1.82 bits per heavy atom. The van der Waals surface area contributed by atoms with Crippen LogP contribution < -0.4 is 9.64 Å². The van der Waals surface area contributed by atoms with Crippen molar-refractivity contribution < 1.29 is 28.4 Å². The molecule has 2 amide bonds. The lowest BCUT2D eigenvalue weighted by molar-refractivity contribution is -0.384. The monoisotopic (exact) mass is 464 g/mol. The Morgan fingerprint density at radius 1 is 1.12 bits per heavy atom. The number of nitrogens with zero attached hydrogens (tertiary/aromatic N) is 4. The second kappa shape index (κ2) is 7.87. The highest BCUT2D eigenvalue weighted by molar-refractivity contribution is 6.25. The second-order valence-corrected chi connectivity index (χ2v) is 8.01. The van der Waals surface area contributed by atoms with E-state index in [1.807, 2.05) is 0 Å². The summed E-state index contributed by atoms with van der Waals surface area (Å²) in [5.74, 6) is -4.25. The smallest absolute Gasteiger partial charge is 0.271 e. The highest BCUT2D eigenvalue weighted by Crippen LogP contribution is 2.48. The number of hydrogen-bond donors (Lipinski definition) is 0. The Balaban J connectivity index is 1.60. The third-order valence-corrected chi connectivity index (χ3v) is 6.30. The first kappa shape index (κ1) is 21.4. The minimum Gasteiger partial charge on any atom is -0.495 e. The number of nitro groups is 1. The molecule has 3 heterocycles. The fourth-order valence-corrected chi connectivity index (χ4v) is 4.83. The summed E-state index contributed by atoms with van der Waals surface area (Å²) in [6.07, 6.45) is 4.76. The zero-order valence-electron chi connectivity index (χ0n) is 17.7. The van der Waals surface area contributed by atoms with Crippen molar-refractivity contribution in [3.63, 3.8) is 0 Å². The number of ketones is 1. The van der Waals surface area contributed by atoms with Gasteiger partial charge in [-0.25, -0.2) is 9.29 Å². The van der Waals surface area contributed by atoms with Crippen LogP contribution in [-0.4, -0.2) is 52.9 Å². The van der Waals surface area contributed by atoms with Gasteiger partial charge in [-0.05, 0) is 36.4 Å². The molecule has 2 aromatic rings. The summed E-state index contributed by atoms with van der Waals surface area (Å²) in [6, 6.07) is 6.72. The van der Waals surface area contributed by atoms with Gasteiger partial charge in [-0.15, -0.1) is 0 Å². The molecule has 34 heavy (non-hydrogen) atoms. The summed E-state index contributed by atoms with van der Waals surface area (Å²) in [4.78, 5) is 52.2. The van der Waals surface area contributed by atoms with Crippen molar-refractivity contribution in [2.75, 3.05) is 12.0 Å². The highest BCUT2D eigenvalue weighted by atomic mass is 19.1. The largest absolute Gasteiger partial charge is 0.495 e. The van der Waals surface area contributed by atoms with E-state index in [1.54, 1.807) is 12.2 Å². The van der Waals surface area contributed by atoms with Crippen molar-refractivity contribution in [1.29, 1.82) is 0 Å². The van der Waals surface area contributed by atoms with E-state index in [2.05, 4.69) is 5.10 Å². The number of imide groups is 1. The molecule has 172 valence electrons. The Morgan fingerprint density at radius 3 is 2.50 bits per heavy atom. The number of rotatable bonds is 5. The number of nitro benzene ring substituents is 1. The number of ether oxygens (including phenoxy) is 1. The van der Waals surface area contributed by atoms with Crippen molar-refractivity contribution >= 4 is 35.2 Å². The molecule has 2 aromatic carbocycles. The van der Waals surface area contributed by atoms with Crippen LogP contribution in [0.2, 0.25) is 0 Å². The predicted molar refractivity (Wildman–Crippen MR) is 117 cm³/mol. The maximum Gasteiger partial charge on any atom is 0.271 e. The van der Waals surface area contributed by atoms with Gasteiger partial charge in [0.2, 0.25) is 11.8 Å². The molecule has 0 radical (unpaired) electrons. The lowest BCUT2D eigenvalue weighted by atomic mass is 9.86. The van der Waals surface area contributed by atoms with Crippen molar-refractivity contribution in [2.24, 2.45) is 16.9 Å². The van der Waals surface area contributed by atoms with Crippen LogP contribution in [0.4, 0.5) is 15.8 Å². The molecule has 5 rings (SSSR count). The number of hydrogen-bond acceptors (Lipinski definition) is 8. The Hall–Kier alpha value is -4.41.